The molecule has 103 heavy (non-hydrogen) atoms. The summed E-state index contributed by atoms with van der Waals surface area (Å²) in [6.45, 7) is 28.0. The van der Waals surface area contributed by atoms with Crippen LogP contribution in [-0.2, 0) is 54.3 Å². The van der Waals surface area contributed by atoms with Crippen molar-refractivity contribution in [1.82, 2.24) is 52.8 Å². The number of unbranched alkanes of at least 4 members (excludes halogenated alkanes) is 3. The molecule has 0 saturated carbocycles. The second-order valence-electron chi connectivity index (χ2n) is 24.8. The summed E-state index contributed by atoms with van der Waals surface area (Å²) in [6.07, 6.45) is 34.0. The monoisotopic (exact) mass is 1780 g/mol. The number of halogens is 4. The first-order valence-electron chi connectivity index (χ1n) is 36.1. The average Bonchev–Trinajstić information content (AvgIpc) is 1.01. The number of ether oxygens (including phenoxy) is 2. The second kappa shape index (κ2) is 49.0. The Kier molecular flexibility index (Phi) is 43.3. The number of Topliss-reactive ketones (excluding diaryl/α,β-unsaturated/α-hetero) is 2. The first kappa shape index (κ1) is 91.2. The Morgan fingerprint density at radius 3 is 1.47 bits per heavy atom. The van der Waals surface area contributed by atoms with Gasteiger partial charge in [-0.15, -0.1) is 0 Å². The van der Waals surface area contributed by atoms with Crippen LogP contribution in [0.5, 0.6) is 0 Å². The van der Waals surface area contributed by atoms with Crippen LogP contribution in [0.4, 0.5) is 0 Å². The molecule has 0 radical (unpaired) electrons. The van der Waals surface area contributed by atoms with Gasteiger partial charge in [0.1, 0.15) is 38.8 Å². The number of piperidine rings is 1. The standard InChI is InChI=1S/C14H19N3.C14H13N3.C9H9BrN2.C9H10N2.C6H6Br2O4.C5H4N.C4H7BrO.C4H8O.3C4H9.C2H6O.CH4.Sn/c2*1-2-12-14(11-6-8-15-9-7-11)17-10-4-3-5-13(17)16-12;1-2-7-9(10)12-6-4-3-5-8(12)11-7;1-2-8-7-11-6-4-3-5-9(11)10-8;1-5(2)11-3(9)6(7,8)4(10)12-5;1-2-4-6-5-3-1;1-2-4(6)3-5;1-3-4(2)5;3*1-3-4-2;1-2-3;;/h3-5,10-11,15H,2,6-9H2,1H3;3-10H,2H2,1H3;3-6H,2H2,1H3;3-7H,2H2,1H3;1-2H3;2-5H;2-3H2,1H3;3H2,1-2H3;3*1,3-4H2,2H3;3H,2H2,1H3;1H4;. The van der Waals surface area contributed by atoms with E-state index in [-0.39, 0.29) is 25.6 Å². The summed E-state index contributed by atoms with van der Waals surface area (Å²) in [5, 5.41) is 11.5. The van der Waals surface area contributed by atoms with Gasteiger partial charge in [0, 0.05) is 93.8 Å². The molecule has 2 saturated heterocycles. The van der Waals surface area contributed by atoms with Gasteiger partial charge in [-0.1, -0.05) is 89.2 Å². The van der Waals surface area contributed by atoms with Crippen molar-refractivity contribution in [3.8, 4) is 11.3 Å². The minimum Gasteiger partial charge on any atom is -0.397 e. The molecule has 0 aromatic carbocycles. The van der Waals surface area contributed by atoms with E-state index in [1.807, 2.05) is 127 Å². The van der Waals surface area contributed by atoms with Gasteiger partial charge in [0.05, 0.1) is 33.8 Å². The molecule has 2 N–H and O–H groups in total. The zero-order valence-corrected chi connectivity index (χ0v) is 71.4. The number of alkyl halides is 3. The topological polar surface area (TPSA) is 214 Å². The minimum atomic E-state index is -2.14. The third kappa shape index (κ3) is 29.0. The van der Waals surface area contributed by atoms with Gasteiger partial charge < -0.3 is 33.5 Å². The first-order chi connectivity index (χ1) is 49.1. The molecule has 0 atom stereocenters. The Labute approximate surface area is 650 Å². The normalized spacial score (nSPS) is 13.3. The summed E-state index contributed by atoms with van der Waals surface area (Å²) in [7, 11) is 0. The molecular weight excluding hydrogens is 1670 g/mol. The van der Waals surface area contributed by atoms with Crippen LogP contribution < -0.4 is 8.90 Å². The fraction of sp³-hybridized carbons (Fsp3) is 0.475. The largest absolute Gasteiger partial charge is 0.397 e. The van der Waals surface area contributed by atoms with Crippen LogP contribution in [0.3, 0.4) is 0 Å². The fourth-order valence-electron chi connectivity index (χ4n) is 11.2. The zero-order valence-electron chi connectivity index (χ0n) is 62.2. The molecule has 0 aliphatic carbocycles. The number of ketones is 2. The quantitative estimate of drug-likeness (QED) is 0.0334. The van der Waals surface area contributed by atoms with Crippen LogP contribution in [0.25, 0.3) is 33.8 Å². The Bertz CT molecular complexity index is 3980. The van der Waals surface area contributed by atoms with E-state index in [0.29, 0.717) is 24.1 Å². The molecule has 2 aliphatic heterocycles. The molecule has 0 amide bonds. The Hall–Kier alpha value is -6.02. The number of aromatic nitrogens is 10. The number of cyclic esters (lactones) is 2. The van der Waals surface area contributed by atoms with E-state index >= 15 is 0 Å². The number of esters is 2. The van der Waals surface area contributed by atoms with Gasteiger partial charge in [-0.2, -0.15) is 0 Å². The van der Waals surface area contributed by atoms with Gasteiger partial charge in [-0.3, -0.25) is 18.6 Å². The van der Waals surface area contributed by atoms with Crippen molar-refractivity contribution in [3.05, 3.63) is 186 Å². The molecule has 2 aliphatic rings. The van der Waals surface area contributed by atoms with Gasteiger partial charge >= 0.3 is 136 Å². The van der Waals surface area contributed by atoms with Crippen LogP contribution in [-0.4, -0.2) is 129 Å². The Morgan fingerprint density at radius 1 is 0.592 bits per heavy atom. The number of aliphatic hydroxyl groups is 1. The van der Waals surface area contributed by atoms with Crippen LogP contribution in [0.2, 0.25) is 13.3 Å². The summed E-state index contributed by atoms with van der Waals surface area (Å²) < 4.78 is 24.0. The van der Waals surface area contributed by atoms with E-state index in [1.165, 1.54) is 82.3 Å². The SMILES string of the molecule is C.CC1(C)OC(=O)C(Br)(Br)C(=O)O1.CCC(=O)CBr.CCC(C)=O.CCC[CH2][Sn]([CH2]CCC)([CH2]CCC)[c]1ccncc1.CCO.CCc1cn2ccccc2n1.CCc1nc2ccccn2c1-c1ccncc1.CCc1nc2ccccn2c1Br.CCc1nc2ccccn2c1C1CCNCC1. The third-order valence-corrected chi connectivity index (χ3v) is 35.2. The van der Waals surface area contributed by atoms with Crippen molar-refractivity contribution in [2.75, 3.05) is 25.0 Å². The van der Waals surface area contributed by atoms with Crippen LogP contribution >= 0.6 is 63.7 Å². The van der Waals surface area contributed by atoms with Crippen molar-refractivity contribution in [1.29, 1.82) is 0 Å². The molecule has 10 aromatic rings. The van der Waals surface area contributed by atoms with Gasteiger partial charge in [0.25, 0.3) is 9.02 Å². The molecule has 12 heterocycles. The Morgan fingerprint density at radius 2 is 1.03 bits per heavy atom. The van der Waals surface area contributed by atoms with Crippen molar-refractivity contribution in [3.63, 3.8) is 0 Å². The maximum Gasteiger partial charge on any atom is 0.137 e. The maximum absolute atomic E-state index is 11.1. The zero-order chi connectivity index (χ0) is 75.1. The smallest absolute Gasteiger partial charge is 0.137 e. The predicted octanol–water partition coefficient (Wildman–Crippen LogP) is 19.3. The number of nitrogens with zero attached hydrogens (tertiary/aromatic N) is 10. The first-order valence-corrected chi connectivity index (χ1v) is 47.0. The van der Waals surface area contributed by atoms with Gasteiger partial charge in [-0.05, 0) is 174 Å². The van der Waals surface area contributed by atoms with E-state index in [2.05, 4.69) is 200 Å². The number of carbonyl (C=O) groups excluding carboxylic acids is 4. The molecule has 2 fully saturated rings. The third-order valence-electron chi connectivity index (χ3n) is 16.8. The number of aryl methyl sites for hydroxylation is 4. The van der Waals surface area contributed by atoms with Crippen LogP contribution in [0.1, 0.15) is 196 Å². The number of hydrogen-bond donors (Lipinski definition) is 2. The number of hydrogen-bond acceptors (Lipinski definition) is 14. The molecule has 0 unspecified atom stereocenters. The van der Waals surface area contributed by atoms with Crippen molar-refractivity contribution >= 4 is 132 Å². The summed E-state index contributed by atoms with van der Waals surface area (Å²) in [6, 6.07) is 33.1. The summed E-state index contributed by atoms with van der Waals surface area (Å²) >= 11 is 10.1. The van der Waals surface area contributed by atoms with Gasteiger partial charge in [0.15, 0.2) is 0 Å². The molecule has 562 valence electrons. The predicted molar refractivity (Wildman–Crippen MR) is 439 cm³/mol. The Balaban J connectivity index is 0.000000311. The summed E-state index contributed by atoms with van der Waals surface area (Å²) in [4.78, 5) is 68.7. The van der Waals surface area contributed by atoms with E-state index in [4.69, 9.17) is 19.6 Å². The van der Waals surface area contributed by atoms with Crippen molar-refractivity contribution in [2.45, 2.75) is 216 Å². The number of carbonyl (C=O) groups is 4. The molecule has 0 bridgehead atoms. The average molecular weight is 1780 g/mol. The number of imidazole rings is 4. The van der Waals surface area contributed by atoms with Crippen LogP contribution in [0, 0.1) is 0 Å². The molecule has 18 nitrogen and oxygen atoms in total. The second-order valence-corrected chi connectivity index (χ2v) is 42.8. The number of aliphatic hydroxyl groups excluding tert-OH is 1. The number of fused-ring (bicyclic) bond motifs is 4. The van der Waals surface area contributed by atoms with E-state index < -0.39 is 39.3 Å². The number of pyridine rings is 6. The van der Waals surface area contributed by atoms with Gasteiger partial charge in [0.2, 0.25) is 0 Å². The molecule has 10 aromatic heterocycles. The van der Waals surface area contributed by atoms with E-state index in [0.717, 1.165) is 88.6 Å². The molecular formula is C80H113Br4N11O7Sn. The molecule has 12 rings (SSSR count). The summed E-state index contributed by atoms with van der Waals surface area (Å²) in [5.41, 5.74) is 12.6. The van der Waals surface area contributed by atoms with Crippen molar-refractivity contribution < 1.29 is 33.8 Å². The van der Waals surface area contributed by atoms with Crippen LogP contribution in [0.15, 0.2) is 157 Å². The van der Waals surface area contributed by atoms with Gasteiger partial charge in [-0.25, -0.2) is 29.5 Å². The number of nitrogens with one attached hydrogen (secondary N) is 1. The molecule has 23 heteroatoms. The number of rotatable bonds is 19. The maximum atomic E-state index is 11.1. The van der Waals surface area contributed by atoms with E-state index in [1.54, 1.807) is 30.7 Å². The molecule has 0 spiro atoms. The summed E-state index contributed by atoms with van der Waals surface area (Å²) in [5.74, 6) is -1.41. The van der Waals surface area contributed by atoms with Crippen molar-refractivity contribution in [2.24, 2.45) is 0 Å². The minimum absolute atomic E-state index is 0. The fourth-order valence-corrected chi connectivity index (χ4v) is 28.5. The van der Waals surface area contributed by atoms with E-state index in [9.17, 15) is 19.2 Å².